The molecule has 0 unspecified atom stereocenters. The Morgan fingerprint density at radius 3 is 0.967 bits per heavy atom. The topological polar surface area (TPSA) is 65.0 Å². The molecule has 6 heteroatoms. The SMILES string of the molecule is O=P(Oc1ccccc1)(Oc1ccccc1)Oc1ccccc1.Oc1ccccc1. The Morgan fingerprint density at radius 1 is 0.467 bits per heavy atom. The standard InChI is InChI=1S/C18H15O4P.C6H6O/c19-23(20-16-10-4-1-5-11-16,21-17-12-6-2-7-13-17)22-18-14-8-3-9-15-18;7-6-4-2-1-3-5-6/h1-15H;1-5,7H. The highest BCUT2D eigenvalue weighted by atomic mass is 31.2. The number of aromatic hydroxyl groups is 1. The van der Waals surface area contributed by atoms with E-state index in [4.69, 9.17) is 18.7 Å². The van der Waals surface area contributed by atoms with Crippen LogP contribution < -0.4 is 13.6 Å². The van der Waals surface area contributed by atoms with Crippen LogP contribution in [0.2, 0.25) is 0 Å². The number of phenols is 1. The fourth-order valence-corrected chi connectivity index (χ4v) is 3.57. The van der Waals surface area contributed by atoms with Gasteiger partial charge in [-0.25, -0.2) is 0 Å². The highest BCUT2D eigenvalue weighted by molar-refractivity contribution is 7.49. The molecule has 5 nitrogen and oxygen atoms in total. The first-order valence-corrected chi connectivity index (χ1v) is 10.7. The first kappa shape index (κ1) is 21.0. The summed E-state index contributed by atoms with van der Waals surface area (Å²) in [7, 11) is -3.89. The second-order valence-corrected chi connectivity index (χ2v) is 7.44. The molecular weight excluding hydrogens is 399 g/mol. The molecule has 0 fully saturated rings. The third-order valence-corrected chi connectivity index (χ3v) is 4.94. The monoisotopic (exact) mass is 420 g/mol. The molecule has 0 saturated carbocycles. The summed E-state index contributed by atoms with van der Waals surface area (Å²) in [6, 6.07) is 35.1. The molecule has 0 spiro atoms. The molecule has 0 heterocycles. The molecule has 4 rings (SSSR count). The van der Waals surface area contributed by atoms with Crippen molar-refractivity contribution in [3.05, 3.63) is 121 Å². The van der Waals surface area contributed by atoms with Gasteiger partial charge in [0.05, 0.1) is 0 Å². The van der Waals surface area contributed by atoms with E-state index >= 15 is 0 Å². The van der Waals surface area contributed by atoms with Gasteiger partial charge >= 0.3 is 7.82 Å². The number of phenolic OH excluding ortho intramolecular Hbond substituents is 1. The minimum absolute atomic E-state index is 0.322. The Hall–Kier alpha value is -3.69. The van der Waals surface area contributed by atoms with Gasteiger partial charge in [-0.1, -0.05) is 72.8 Å². The lowest BCUT2D eigenvalue weighted by atomic mass is 10.3. The third-order valence-electron chi connectivity index (χ3n) is 3.64. The number of phosphoric acid groups is 1. The van der Waals surface area contributed by atoms with Crippen molar-refractivity contribution in [1.29, 1.82) is 0 Å². The van der Waals surface area contributed by atoms with E-state index in [0.29, 0.717) is 23.0 Å². The molecule has 0 bridgehead atoms. The summed E-state index contributed by atoms with van der Waals surface area (Å²) in [6.45, 7) is 0. The van der Waals surface area contributed by atoms with Gasteiger partial charge in [0.2, 0.25) is 0 Å². The molecule has 0 atom stereocenters. The lowest BCUT2D eigenvalue weighted by Crippen LogP contribution is -2.07. The van der Waals surface area contributed by atoms with Crippen LogP contribution in [0.25, 0.3) is 0 Å². The summed E-state index contributed by atoms with van der Waals surface area (Å²) >= 11 is 0. The summed E-state index contributed by atoms with van der Waals surface area (Å²) < 4.78 is 29.6. The number of hydrogen-bond donors (Lipinski definition) is 1. The van der Waals surface area contributed by atoms with E-state index in [1.54, 1.807) is 97.1 Å². The maximum Gasteiger partial charge on any atom is 0.647 e. The van der Waals surface area contributed by atoms with E-state index < -0.39 is 7.82 Å². The molecule has 4 aromatic rings. The van der Waals surface area contributed by atoms with Crippen molar-refractivity contribution in [2.75, 3.05) is 0 Å². The molecule has 30 heavy (non-hydrogen) atoms. The van der Waals surface area contributed by atoms with E-state index in [0.717, 1.165) is 0 Å². The normalized spacial score (nSPS) is 10.3. The van der Waals surface area contributed by atoms with Crippen molar-refractivity contribution in [3.8, 4) is 23.0 Å². The van der Waals surface area contributed by atoms with Gasteiger partial charge in [0.1, 0.15) is 23.0 Å². The molecule has 0 radical (unpaired) electrons. The van der Waals surface area contributed by atoms with Crippen LogP contribution in [-0.4, -0.2) is 5.11 Å². The molecule has 0 saturated heterocycles. The van der Waals surface area contributed by atoms with Gasteiger partial charge in [0.25, 0.3) is 0 Å². The number of para-hydroxylation sites is 4. The first-order chi connectivity index (χ1) is 14.6. The summed E-state index contributed by atoms with van der Waals surface area (Å²) in [6.07, 6.45) is 0. The van der Waals surface area contributed by atoms with E-state index in [9.17, 15) is 4.57 Å². The average molecular weight is 420 g/mol. The van der Waals surface area contributed by atoms with Crippen molar-refractivity contribution in [1.82, 2.24) is 0 Å². The van der Waals surface area contributed by atoms with Crippen molar-refractivity contribution in [2.24, 2.45) is 0 Å². The first-order valence-electron chi connectivity index (χ1n) is 9.21. The minimum Gasteiger partial charge on any atom is -0.508 e. The van der Waals surface area contributed by atoms with Gasteiger partial charge < -0.3 is 18.7 Å². The Labute approximate surface area is 175 Å². The van der Waals surface area contributed by atoms with Crippen LogP contribution in [0.4, 0.5) is 0 Å². The molecule has 1 N–H and O–H groups in total. The molecule has 0 aliphatic carbocycles. The Kier molecular flexibility index (Phi) is 7.53. The fraction of sp³-hybridized carbons (Fsp3) is 0. The number of hydrogen-bond acceptors (Lipinski definition) is 5. The van der Waals surface area contributed by atoms with Crippen LogP contribution in [0.15, 0.2) is 121 Å². The molecule has 0 aromatic heterocycles. The third kappa shape index (κ3) is 7.04. The van der Waals surface area contributed by atoms with Gasteiger partial charge in [-0.05, 0) is 48.5 Å². The molecule has 0 amide bonds. The smallest absolute Gasteiger partial charge is 0.508 e. The average Bonchev–Trinajstić information content (AvgIpc) is 2.76. The summed E-state index contributed by atoms with van der Waals surface area (Å²) in [5.41, 5.74) is 0. The van der Waals surface area contributed by atoms with Gasteiger partial charge in [-0.3, -0.25) is 0 Å². The van der Waals surface area contributed by atoms with Crippen LogP contribution >= 0.6 is 7.82 Å². The maximum atomic E-state index is 13.1. The Balaban J connectivity index is 0.000000310. The molecule has 0 aliphatic heterocycles. The summed E-state index contributed by atoms with van der Waals surface area (Å²) in [4.78, 5) is 0. The highest BCUT2D eigenvalue weighted by Crippen LogP contribution is 2.49. The molecular formula is C24H21O5P. The zero-order chi connectivity index (χ0) is 21.1. The van der Waals surface area contributed by atoms with Crippen molar-refractivity contribution >= 4 is 7.82 Å². The van der Waals surface area contributed by atoms with Crippen LogP contribution in [0, 0.1) is 0 Å². The molecule has 0 aliphatic rings. The predicted molar refractivity (Wildman–Crippen MR) is 117 cm³/mol. The van der Waals surface area contributed by atoms with Gasteiger partial charge in [-0.15, -0.1) is 0 Å². The largest absolute Gasteiger partial charge is 0.647 e. The van der Waals surface area contributed by atoms with E-state index in [-0.39, 0.29) is 0 Å². The minimum atomic E-state index is -3.89. The second kappa shape index (κ2) is 10.7. The summed E-state index contributed by atoms with van der Waals surface area (Å²) in [5.74, 6) is 1.54. The van der Waals surface area contributed by atoms with Crippen LogP contribution in [0.5, 0.6) is 23.0 Å². The van der Waals surface area contributed by atoms with Crippen molar-refractivity contribution in [2.45, 2.75) is 0 Å². The van der Waals surface area contributed by atoms with Crippen LogP contribution in [-0.2, 0) is 4.57 Å². The quantitative estimate of drug-likeness (QED) is 0.351. The Bertz CT molecular complexity index is 934. The number of phosphoric ester groups is 1. The highest BCUT2D eigenvalue weighted by Gasteiger charge is 2.33. The zero-order valence-corrected chi connectivity index (χ0v) is 17.0. The Morgan fingerprint density at radius 2 is 0.733 bits per heavy atom. The van der Waals surface area contributed by atoms with Gasteiger partial charge in [0.15, 0.2) is 0 Å². The van der Waals surface area contributed by atoms with Crippen molar-refractivity contribution in [3.63, 3.8) is 0 Å². The lowest BCUT2D eigenvalue weighted by Gasteiger charge is -2.19. The maximum absolute atomic E-state index is 13.1. The fourth-order valence-electron chi connectivity index (χ4n) is 2.32. The van der Waals surface area contributed by atoms with Gasteiger partial charge in [-0.2, -0.15) is 4.57 Å². The van der Waals surface area contributed by atoms with Crippen LogP contribution in [0.1, 0.15) is 0 Å². The lowest BCUT2D eigenvalue weighted by molar-refractivity contribution is 0.298. The predicted octanol–water partition coefficient (Wildman–Crippen LogP) is 6.72. The summed E-state index contributed by atoms with van der Waals surface area (Å²) in [5, 5.41) is 8.63. The molecule has 152 valence electrons. The number of benzene rings is 4. The van der Waals surface area contributed by atoms with E-state index in [1.807, 2.05) is 24.3 Å². The van der Waals surface area contributed by atoms with E-state index in [2.05, 4.69) is 0 Å². The molecule has 4 aromatic carbocycles. The number of rotatable bonds is 6. The van der Waals surface area contributed by atoms with Crippen molar-refractivity contribution < 1.29 is 23.2 Å². The second-order valence-electron chi connectivity index (χ2n) is 6.00. The van der Waals surface area contributed by atoms with Gasteiger partial charge in [0, 0.05) is 0 Å². The zero-order valence-electron chi connectivity index (χ0n) is 16.1. The van der Waals surface area contributed by atoms with E-state index in [1.165, 1.54) is 0 Å². The van der Waals surface area contributed by atoms with Crippen LogP contribution in [0.3, 0.4) is 0 Å².